The number of aliphatic hydroxyl groups is 1. The standard InChI is InChI=1S/C43H60N6O14.C4H11N.C3H8S/c1-25(18-28-13-12-26(2)29(19-28)59-7)10-9-11-31(60-8)43(58)21-30(61-41(57)47-43)27(3)40-42(4,63-40)32(20-34(51)44-5)62-39(56)24-48(6)38(55)23-46-35(52)22-45-33(50)16-17-49-36(53)14-15-37(49)54;1-2-3-4-5;1-3-4-2/h9-13,19,27,30-32,40,58H,14-18,20-24H2,1-8H3,(H,44,51)(H,45,50)(H,46,52)(H,47,57);2-5H2,1H3;3H2,1-2H3/b11-9+,25-10+;;. The van der Waals surface area contributed by atoms with E-state index in [1.165, 1.54) is 39.8 Å². The molecule has 3 fully saturated rings. The molecule has 0 bridgehead atoms. The van der Waals surface area contributed by atoms with Gasteiger partial charge in [-0.15, -0.1) is 0 Å². The molecule has 3 saturated heterocycles. The number of carbonyl (C=O) groups excluding carboxylic acids is 8. The zero-order valence-electron chi connectivity index (χ0n) is 43.9. The third-order valence-corrected chi connectivity index (χ3v) is 12.8. The van der Waals surface area contributed by atoms with Crippen LogP contribution in [-0.4, -0.2) is 171 Å². The van der Waals surface area contributed by atoms with Gasteiger partial charge in [-0.25, -0.2) is 4.79 Å². The number of thioether (sulfide) groups is 1. The summed E-state index contributed by atoms with van der Waals surface area (Å²) in [4.78, 5) is 101. The molecule has 7 unspecified atom stereocenters. The number of alkyl carbamates (subject to hydrolysis) is 1. The van der Waals surface area contributed by atoms with Crippen LogP contribution in [0.2, 0.25) is 0 Å². The quantitative estimate of drug-likeness (QED) is 0.0355. The van der Waals surface area contributed by atoms with Crippen LogP contribution in [0.1, 0.15) is 90.7 Å². The molecule has 1 aromatic rings. The molecular weight excluding hydrogens is 955 g/mol. The lowest BCUT2D eigenvalue weighted by molar-refractivity contribution is -0.157. The summed E-state index contributed by atoms with van der Waals surface area (Å²) in [6.45, 7) is 10.8. The molecule has 3 aliphatic heterocycles. The van der Waals surface area contributed by atoms with Gasteiger partial charge >= 0.3 is 12.1 Å². The predicted molar refractivity (Wildman–Crippen MR) is 271 cm³/mol. The SMILES string of the molecule is CCCCN.CCSC.CNC(=O)CC(OC(=O)CN(C)C(=O)CNC(=O)CNC(=O)CCN1C(=O)CCC1=O)C1(C)OC1C(C)C1CC(O)(C(/C=C/C=C(\C)Cc2ccc(C)c(OC)c2)OC)NC(=O)O1. The molecule has 0 spiro atoms. The van der Waals surface area contributed by atoms with Crippen LogP contribution in [0, 0.1) is 12.8 Å². The number of unbranched alkanes of at least 4 members (excludes halogenated alkanes) is 1. The molecule has 0 radical (unpaired) electrons. The maximum Gasteiger partial charge on any atom is 0.409 e. The van der Waals surface area contributed by atoms with Crippen LogP contribution in [0.25, 0.3) is 0 Å². The highest BCUT2D eigenvalue weighted by atomic mass is 32.2. The van der Waals surface area contributed by atoms with Gasteiger partial charge in [0.05, 0.1) is 32.7 Å². The Bertz CT molecular complexity index is 2050. The number of cyclic esters (lactones) is 1. The van der Waals surface area contributed by atoms with E-state index >= 15 is 0 Å². The first-order chi connectivity index (χ1) is 34.1. The first-order valence-electron chi connectivity index (χ1n) is 24.1. The van der Waals surface area contributed by atoms with Crippen LogP contribution >= 0.6 is 11.8 Å². The molecule has 7 atom stereocenters. The minimum atomic E-state index is -1.88. The van der Waals surface area contributed by atoms with E-state index in [1.54, 1.807) is 33.1 Å². The number of hydrogen-bond donors (Lipinski definition) is 6. The van der Waals surface area contributed by atoms with E-state index in [2.05, 4.69) is 41.4 Å². The maximum absolute atomic E-state index is 13.2. The number of likely N-dealkylation sites (N-methyl/N-ethyl adjacent to an activating group) is 1. The van der Waals surface area contributed by atoms with Gasteiger partial charge in [0.25, 0.3) is 0 Å². The topological polar surface area (TPSA) is 287 Å². The predicted octanol–water partition coefficient (Wildman–Crippen LogP) is 2.44. The number of carbonyl (C=O) groups is 8. The molecule has 1 aromatic carbocycles. The molecular formula is C50H79N7O14S. The number of aryl methyl sites for hydroxylation is 1. The van der Waals surface area contributed by atoms with Crippen molar-refractivity contribution >= 4 is 59.3 Å². The average Bonchev–Trinajstić information content (AvgIpc) is 3.94. The molecule has 4 rings (SSSR count). The summed E-state index contributed by atoms with van der Waals surface area (Å²) >= 11 is 1.86. The largest absolute Gasteiger partial charge is 0.496 e. The number of allylic oxidation sites excluding steroid dienone is 3. The van der Waals surface area contributed by atoms with Crippen LogP contribution < -0.4 is 31.7 Å². The van der Waals surface area contributed by atoms with Crippen LogP contribution in [0.3, 0.4) is 0 Å². The van der Waals surface area contributed by atoms with Crippen LogP contribution in [-0.2, 0) is 58.9 Å². The van der Waals surface area contributed by atoms with Crippen LogP contribution in [0.15, 0.2) is 42.0 Å². The molecule has 21 nitrogen and oxygen atoms in total. The second-order valence-corrected chi connectivity index (χ2v) is 19.0. The lowest BCUT2D eigenvalue weighted by atomic mass is 9.83. The number of rotatable bonds is 25. The van der Waals surface area contributed by atoms with Gasteiger partial charge in [-0.3, -0.25) is 43.8 Å². The van der Waals surface area contributed by atoms with Gasteiger partial charge in [-0.1, -0.05) is 63.1 Å². The van der Waals surface area contributed by atoms with Crippen LogP contribution in [0.5, 0.6) is 5.75 Å². The molecule has 0 aliphatic carbocycles. The maximum atomic E-state index is 13.2. The number of imide groups is 1. The highest BCUT2D eigenvalue weighted by molar-refractivity contribution is 7.98. The van der Waals surface area contributed by atoms with Gasteiger partial charge in [0.1, 0.15) is 36.2 Å². The fraction of sp³-hybridized carbons (Fsp3) is 0.640. The summed E-state index contributed by atoms with van der Waals surface area (Å²) < 4.78 is 28.5. The third kappa shape index (κ3) is 20.2. The number of nitrogens with one attached hydrogen (secondary N) is 4. The number of likely N-dealkylation sites (tertiary alicyclic amines) is 1. The van der Waals surface area contributed by atoms with Crippen molar-refractivity contribution in [2.45, 2.75) is 129 Å². The summed E-state index contributed by atoms with van der Waals surface area (Å²) in [7, 11) is 5.75. The average molecular weight is 1030 g/mol. The van der Waals surface area contributed by atoms with Crippen molar-refractivity contribution in [2.75, 3.05) is 73.0 Å². The number of amides is 7. The van der Waals surface area contributed by atoms with Gasteiger partial charge in [0, 0.05) is 59.4 Å². The summed E-state index contributed by atoms with van der Waals surface area (Å²) in [6, 6.07) is 6.00. The number of nitrogens with zero attached hydrogens (tertiary/aromatic N) is 2. The monoisotopic (exact) mass is 1030 g/mol. The fourth-order valence-electron chi connectivity index (χ4n) is 7.69. The Balaban J connectivity index is 0.00000181. The first-order valence-corrected chi connectivity index (χ1v) is 25.5. The molecule has 7 amide bonds. The minimum Gasteiger partial charge on any atom is -0.496 e. The fourth-order valence-corrected chi connectivity index (χ4v) is 7.69. The van der Waals surface area contributed by atoms with Gasteiger partial charge < -0.3 is 55.4 Å². The lowest BCUT2D eigenvalue weighted by Gasteiger charge is -2.42. The number of ether oxygens (including phenoxy) is 5. The Morgan fingerprint density at radius 1 is 1.07 bits per heavy atom. The molecule has 72 heavy (non-hydrogen) atoms. The number of nitrogens with two attached hydrogens (primary N) is 1. The summed E-state index contributed by atoms with van der Waals surface area (Å²) in [6.07, 6.45) is 5.37. The van der Waals surface area contributed by atoms with Gasteiger partial charge in [-0.05, 0) is 69.4 Å². The minimum absolute atomic E-state index is 0.0980. The van der Waals surface area contributed by atoms with Gasteiger partial charge in [0.15, 0.2) is 5.72 Å². The number of esters is 1. The smallest absolute Gasteiger partial charge is 0.409 e. The molecule has 3 aliphatic rings. The van der Waals surface area contributed by atoms with Gasteiger partial charge in [0.2, 0.25) is 35.4 Å². The normalized spacial score (nSPS) is 21.6. The zero-order valence-corrected chi connectivity index (χ0v) is 44.7. The van der Waals surface area contributed by atoms with Crippen molar-refractivity contribution in [3.05, 3.63) is 53.1 Å². The summed E-state index contributed by atoms with van der Waals surface area (Å²) in [5, 5.41) is 21.4. The Morgan fingerprint density at radius 3 is 2.29 bits per heavy atom. The number of hydrogen-bond acceptors (Lipinski definition) is 16. The highest BCUT2D eigenvalue weighted by Crippen LogP contribution is 2.48. The van der Waals surface area contributed by atoms with E-state index in [1.807, 2.05) is 49.9 Å². The number of epoxide rings is 1. The molecule has 0 aromatic heterocycles. The van der Waals surface area contributed by atoms with E-state index in [4.69, 9.17) is 29.4 Å². The summed E-state index contributed by atoms with van der Waals surface area (Å²) in [5.41, 5.74) is 5.14. The zero-order chi connectivity index (χ0) is 54.2. The van der Waals surface area contributed by atoms with Crippen molar-refractivity contribution in [1.82, 2.24) is 31.1 Å². The van der Waals surface area contributed by atoms with Crippen molar-refractivity contribution in [3.8, 4) is 5.75 Å². The number of benzene rings is 1. The molecule has 7 N–H and O–H groups in total. The van der Waals surface area contributed by atoms with E-state index < -0.39 is 97.0 Å². The summed E-state index contributed by atoms with van der Waals surface area (Å²) in [5.74, 6) is -2.54. The van der Waals surface area contributed by atoms with Crippen molar-refractivity contribution in [2.24, 2.45) is 11.7 Å². The Morgan fingerprint density at radius 2 is 1.72 bits per heavy atom. The van der Waals surface area contributed by atoms with Crippen molar-refractivity contribution in [3.63, 3.8) is 0 Å². The van der Waals surface area contributed by atoms with Crippen LogP contribution in [0.4, 0.5) is 4.79 Å². The van der Waals surface area contributed by atoms with E-state index in [-0.39, 0.29) is 50.5 Å². The van der Waals surface area contributed by atoms with Gasteiger partial charge in [-0.2, -0.15) is 11.8 Å². The second kappa shape index (κ2) is 31.1. The third-order valence-electron chi connectivity index (χ3n) is 12.2. The Kier molecular flexibility index (Phi) is 27.1. The van der Waals surface area contributed by atoms with Crippen molar-refractivity contribution < 1.29 is 67.1 Å². The Hall–Kier alpha value is -5.55. The first kappa shape index (κ1) is 62.6. The second-order valence-electron chi connectivity index (χ2n) is 17.9. The van der Waals surface area contributed by atoms with E-state index in [9.17, 15) is 43.5 Å². The van der Waals surface area contributed by atoms with Crippen molar-refractivity contribution in [1.29, 1.82) is 0 Å². The highest BCUT2D eigenvalue weighted by Gasteiger charge is 2.64. The number of methoxy groups -OCH3 is 2. The van der Waals surface area contributed by atoms with E-state index in [0.29, 0.717) is 6.42 Å². The lowest BCUT2D eigenvalue weighted by Crippen LogP contribution is -2.63. The Labute approximate surface area is 428 Å². The molecule has 22 heteroatoms. The molecule has 0 saturated carbocycles. The molecule has 3 heterocycles. The van der Waals surface area contributed by atoms with E-state index in [0.717, 1.165) is 38.8 Å². The molecule has 404 valence electrons.